The number of carbonyl (C=O) groups is 3. The lowest BCUT2D eigenvalue weighted by molar-refractivity contribution is 0.0696. The summed E-state index contributed by atoms with van der Waals surface area (Å²) in [5, 5.41) is 17.4. The second-order valence-electron chi connectivity index (χ2n) is 6.16. The maximum atomic E-state index is 10.6. The number of nitrogens with zero attached hydrogens (tertiary/aromatic N) is 2. The van der Waals surface area contributed by atoms with E-state index in [0.29, 0.717) is 5.69 Å². The van der Waals surface area contributed by atoms with Crippen molar-refractivity contribution in [3.05, 3.63) is 88.5 Å². The summed E-state index contributed by atoms with van der Waals surface area (Å²) in [6, 6.07) is 12.5. The number of rotatable bonds is 5. The zero-order valence-electron chi connectivity index (χ0n) is 15.5. The van der Waals surface area contributed by atoms with Gasteiger partial charge in [0.2, 0.25) is 0 Å². The van der Waals surface area contributed by atoms with Crippen molar-refractivity contribution < 1.29 is 24.6 Å². The Morgan fingerprint density at radius 3 is 2.04 bits per heavy atom. The summed E-state index contributed by atoms with van der Waals surface area (Å²) in [6.07, 6.45) is 4.17. The molecular formula is C21H20N2O5. The molecule has 0 saturated carbocycles. The molecule has 0 radical (unpaired) electrons. The molecule has 0 aliphatic heterocycles. The fourth-order valence-electron chi connectivity index (χ4n) is 2.53. The van der Waals surface area contributed by atoms with Gasteiger partial charge >= 0.3 is 11.9 Å². The predicted octanol–water partition coefficient (Wildman–Crippen LogP) is 3.44. The molecule has 0 atom stereocenters. The molecule has 144 valence electrons. The van der Waals surface area contributed by atoms with Crippen molar-refractivity contribution in [1.82, 2.24) is 9.55 Å². The van der Waals surface area contributed by atoms with Crippen molar-refractivity contribution in [1.29, 1.82) is 0 Å². The summed E-state index contributed by atoms with van der Waals surface area (Å²) >= 11 is 0. The summed E-state index contributed by atoms with van der Waals surface area (Å²) in [4.78, 5) is 35.6. The first-order chi connectivity index (χ1) is 13.3. The molecule has 2 N–H and O–H groups in total. The molecule has 1 aromatic heterocycles. The van der Waals surface area contributed by atoms with Crippen molar-refractivity contribution in [2.75, 3.05) is 0 Å². The fraction of sp³-hybridized carbons (Fsp3) is 0.143. The standard InChI is InChI=1S/C12H12N2O.C9H8O4/c1-10-2-4-11(5-3-10)6-14-7-12(8-15)13-9-14;1-5-6(8(10)11)3-2-4-7(5)9(12)13/h2-5,7-9H,6H2,1H3;2-4H,1H3,(H,10,11)(H,12,13). The number of imidazole rings is 1. The largest absolute Gasteiger partial charge is 0.478 e. The molecule has 0 aliphatic rings. The second-order valence-corrected chi connectivity index (χ2v) is 6.16. The quantitative estimate of drug-likeness (QED) is 0.656. The minimum absolute atomic E-state index is 0.0277. The summed E-state index contributed by atoms with van der Waals surface area (Å²) in [7, 11) is 0. The molecule has 7 nitrogen and oxygen atoms in total. The van der Waals surface area contributed by atoms with Gasteiger partial charge in [0.15, 0.2) is 6.29 Å². The second kappa shape index (κ2) is 9.27. The van der Waals surface area contributed by atoms with Gasteiger partial charge < -0.3 is 14.8 Å². The van der Waals surface area contributed by atoms with Gasteiger partial charge in [-0.05, 0) is 37.1 Å². The van der Waals surface area contributed by atoms with E-state index in [2.05, 4.69) is 36.2 Å². The number of carbonyl (C=O) groups excluding carboxylic acids is 1. The van der Waals surface area contributed by atoms with E-state index in [1.807, 2.05) is 4.57 Å². The van der Waals surface area contributed by atoms with Crippen LogP contribution in [-0.2, 0) is 6.54 Å². The molecular weight excluding hydrogens is 360 g/mol. The molecule has 0 amide bonds. The Balaban J connectivity index is 0.000000203. The average molecular weight is 380 g/mol. The van der Waals surface area contributed by atoms with Crippen LogP contribution in [0.3, 0.4) is 0 Å². The maximum Gasteiger partial charge on any atom is 0.335 e. The molecule has 28 heavy (non-hydrogen) atoms. The topological polar surface area (TPSA) is 109 Å². The highest BCUT2D eigenvalue weighted by molar-refractivity contribution is 5.96. The van der Waals surface area contributed by atoms with Crippen molar-refractivity contribution in [3.63, 3.8) is 0 Å². The molecule has 2 aromatic carbocycles. The highest BCUT2D eigenvalue weighted by Gasteiger charge is 2.13. The van der Waals surface area contributed by atoms with E-state index in [1.54, 1.807) is 12.5 Å². The van der Waals surface area contributed by atoms with Crippen LogP contribution in [0, 0.1) is 13.8 Å². The molecule has 0 saturated heterocycles. The van der Waals surface area contributed by atoms with Crippen LogP contribution in [-0.4, -0.2) is 38.0 Å². The first kappa shape index (κ1) is 20.6. The van der Waals surface area contributed by atoms with E-state index in [-0.39, 0.29) is 16.7 Å². The first-order valence-corrected chi connectivity index (χ1v) is 8.40. The number of aromatic carboxylic acids is 2. The molecule has 0 spiro atoms. The van der Waals surface area contributed by atoms with Gasteiger partial charge in [-0.1, -0.05) is 35.9 Å². The molecule has 3 rings (SSSR count). The summed E-state index contributed by atoms with van der Waals surface area (Å²) in [5.74, 6) is -2.22. The number of carboxylic acids is 2. The van der Waals surface area contributed by atoms with Gasteiger partial charge in [-0.25, -0.2) is 14.6 Å². The van der Waals surface area contributed by atoms with E-state index in [1.165, 1.54) is 36.2 Å². The van der Waals surface area contributed by atoms with Crippen LogP contribution in [0.1, 0.15) is 47.9 Å². The van der Waals surface area contributed by atoms with Crippen LogP contribution in [0.25, 0.3) is 0 Å². The van der Waals surface area contributed by atoms with Crippen molar-refractivity contribution in [2.45, 2.75) is 20.4 Å². The Labute approximate surface area is 161 Å². The predicted molar refractivity (Wildman–Crippen MR) is 103 cm³/mol. The van der Waals surface area contributed by atoms with Gasteiger partial charge in [0.05, 0.1) is 17.5 Å². The van der Waals surface area contributed by atoms with Gasteiger partial charge in [-0.15, -0.1) is 0 Å². The Morgan fingerprint density at radius 2 is 1.57 bits per heavy atom. The Hall–Kier alpha value is -3.74. The number of aldehydes is 1. The Bertz CT molecular complexity index is 958. The van der Waals surface area contributed by atoms with Crippen LogP contribution in [0.15, 0.2) is 55.0 Å². The SMILES string of the molecule is Cc1c(C(=O)O)cccc1C(=O)O.Cc1ccc(Cn2cnc(C=O)c2)cc1. The molecule has 7 heteroatoms. The lowest BCUT2D eigenvalue weighted by Crippen LogP contribution is -2.06. The number of hydrogen-bond acceptors (Lipinski definition) is 4. The zero-order valence-corrected chi connectivity index (χ0v) is 15.5. The molecule has 3 aromatic rings. The first-order valence-electron chi connectivity index (χ1n) is 8.40. The van der Waals surface area contributed by atoms with Crippen molar-refractivity contribution in [3.8, 4) is 0 Å². The molecule has 0 bridgehead atoms. The third-order valence-electron chi connectivity index (χ3n) is 4.05. The number of benzene rings is 2. The van der Waals surface area contributed by atoms with Crippen LogP contribution >= 0.6 is 0 Å². The van der Waals surface area contributed by atoms with Gasteiger partial charge in [0.1, 0.15) is 5.69 Å². The summed E-state index contributed by atoms with van der Waals surface area (Å²) in [5.41, 5.74) is 3.26. The maximum absolute atomic E-state index is 10.6. The van der Waals surface area contributed by atoms with Crippen molar-refractivity contribution >= 4 is 18.2 Å². The van der Waals surface area contributed by atoms with E-state index in [9.17, 15) is 14.4 Å². The molecule has 1 heterocycles. The van der Waals surface area contributed by atoms with Crippen LogP contribution < -0.4 is 0 Å². The Morgan fingerprint density at radius 1 is 1.00 bits per heavy atom. The lowest BCUT2D eigenvalue weighted by Gasteiger charge is -2.03. The normalized spacial score (nSPS) is 9.93. The third-order valence-corrected chi connectivity index (χ3v) is 4.05. The molecule has 0 fully saturated rings. The highest BCUT2D eigenvalue weighted by atomic mass is 16.4. The van der Waals surface area contributed by atoms with E-state index >= 15 is 0 Å². The lowest BCUT2D eigenvalue weighted by atomic mass is 10.0. The van der Waals surface area contributed by atoms with E-state index in [0.717, 1.165) is 12.8 Å². The summed E-state index contributed by atoms with van der Waals surface area (Å²) < 4.78 is 1.90. The zero-order chi connectivity index (χ0) is 20.7. The minimum Gasteiger partial charge on any atom is -0.478 e. The molecule has 0 unspecified atom stereocenters. The van der Waals surface area contributed by atoms with Crippen molar-refractivity contribution in [2.24, 2.45) is 0 Å². The minimum atomic E-state index is -1.11. The number of aryl methyl sites for hydroxylation is 1. The van der Waals surface area contributed by atoms with Crippen LogP contribution in [0.2, 0.25) is 0 Å². The smallest absolute Gasteiger partial charge is 0.335 e. The average Bonchev–Trinajstić information content (AvgIpc) is 3.11. The monoisotopic (exact) mass is 380 g/mol. The highest BCUT2D eigenvalue weighted by Crippen LogP contribution is 2.13. The third kappa shape index (κ3) is 5.38. The number of hydrogen-bond donors (Lipinski definition) is 2. The van der Waals surface area contributed by atoms with Gasteiger partial charge in [0, 0.05) is 12.7 Å². The van der Waals surface area contributed by atoms with Gasteiger partial charge in [-0.2, -0.15) is 0 Å². The van der Waals surface area contributed by atoms with Gasteiger partial charge in [0.25, 0.3) is 0 Å². The summed E-state index contributed by atoms with van der Waals surface area (Å²) in [6.45, 7) is 4.29. The van der Waals surface area contributed by atoms with Crippen LogP contribution in [0.5, 0.6) is 0 Å². The Kier molecular flexibility index (Phi) is 6.81. The number of carboxylic acid groups (broad SMARTS) is 2. The van der Waals surface area contributed by atoms with E-state index < -0.39 is 11.9 Å². The number of aromatic nitrogens is 2. The molecule has 0 aliphatic carbocycles. The van der Waals surface area contributed by atoms with Gasteiger partial charge in [-0.3, -0.25) is 4.79 Å². The fourth-order valence-corrected chi connectivity index (χ4v) is 2.53. The van der Waals surface area contributed by atoms with Crippen LogP contribution in [0.4, 0.5) is 0 Å². The van der Waals surface area contributed by atoms with E-state index in [4.69, 9.17) is 10.2 Å².